The highest BCUT2D eigenvalue weighted by molar-refractivity contribution is 7.14. The second-order valence-corrected chi connectivity index (χ2v) is 7.36. The maximum absolute atomic E-state index is 12.5. The molecule has 0 radical (unpaired) electrons. The summed E-state index contributed by atoms with van der Waals surface area (Å²) in [6.07, 6.45) is 5.98. The van der Waals surface area contributed by atoms with Gasteiger partial charge in [-0.25, -0.2) is 4.98 Å². The second kappa shape index (κ2) is 6.88. The van der Waals surface area contributed by atoms with Crippen LogP contribution in [-0.2, 0) is 19.4 Å². The van der Waals surface area contributed by atoms with Gasteiger partial charge in [0.15, 0.2) is 0 Å². The van der Waals surface area contributed by atoms with E-state index < -0.39 is 0 Å². The molecule has 25 heavy (non-hydrogen) atoms. The lowest BCUT2D eigenvalue weighted by atomic mass is 10.2. The number of fused-ring (bicyclic) bond motifs is 2. The van der Waals surface area contributed by atoms with Crippen LogP contribution >= 0.6 is 11.3 Å². The number of nitrogens with zero attached hydrogens (tertiary/aromatic N) is 2. The number of aryl methyl sites for hydroxylation is 2. The number of aromatic nitrogens is 2. The van der Waals surface area contributed by atoms with Crippen LogP contribution in [0.3, 0.4) is 0 Å². The number of methoxy groups -OCH3 is 1. The molecule has 0 saturated carbocycles. The van der Waals surface area contributed by atoms with Crippen molar-refractivity contribution in [2.75, 3.05) is 13.7 Å². The molecule has 0 aliphatic heterocycles. The molecule has 2 aromatic heterocycles. The predicted octanol–water partition coefficient (Wildman–Crippen LogP) is 3.42. The summed E-state index contributed by atoms with van der Waals surface area (Å²) in [4.78, 5) is 18.9. The SMILES string of the molecule is COc1c(C(=O)NCCCn2cnc3ccccc32)sc2c1CCC2. The maximum Gasteiger partial charge on any atom is 0.265 e. The van der Waals surface area contributed by atoms with E-state index in [1.54, 1.807) is 18.4 Å². The molecule has 5 nitrogen and oxygen atoms in total. The fourth-order valence-electron chi connectivity index (χ4n) is 3.46. The summed E-state index contributed by atoms with van der Waals surface area (Å²) in [5.41, 5.74) is 3.37. The molecule has 0 fully saturated rings. The number of imidazole rings is 1. The highest BCUT2D eigenvalue weighted by atomic mass is 32.1. The Kier molecular flexibility index (Phi) is 4.44. The van der Waals surface area contributed by atoms with Crippen molar-refractivity contribution < 1.29 is 9.53 Å². The number of rotatable bonds is 6. The van der Waals surface area contributed by atoms with Gasteiger partial charge in [0.2, 0.25) is 0 Å². The number of carbonyl (C=O) groups excluding carboxylic acids is 1. The van der Waals surface area contributed by atoms with Crippen LogP contribution in [0.4, 0.5) is 0 Å². The van der Waals surface area contributed by atoms with E-state index in [0.717, 1.165) is 53.9 Å². The topological polar surface area (TPSA) is 56.1 Å². The van der Waals surface area contributed by atoms with Gasteiger partial charge in [0.25, 0.3) is 5.91 Å². The first-order valence-corrected chi connectivity index (χ1v) is 9.46. The third kappa shape index (κ3) is 3.02. The van der Waals surface area contributed by atoms with Crippen LogP contribution in [0.2, 0.25) is 0 Å². The largest absolute Gasteiger partial charge is 0.495 e. The van der Waals surface area contributed by atoms with Gasteiger partial charge in [-0.05, 0) is 37.8 Å². The van der Waals surface area contributed by atoms with Crippen LogP contribution in [0.1, 0.15) is 33.0 Å². The molecule has 2 heterocycles. The van der Waals surface area contributed by atoms with Gasteiger partial charge in [-0.15, -0.1) is 11.3 Å². The lowest BCUT2D eigenvalue weighted by Crippen LogP contribution is -2.24. The summed E-state index contributed by atoms with van der Waals surface area (Å²) in [5, 5.41) is 3.03. The molecule has 0 saturated heterocycles. The van der Waals surface area contributed by atoms with Crippen molar-refractivity contribution in [2.24, 2.45) is 0 Å². The van der Waals surface area contributed by atoms with E-state index in [4.69, 9.17) is 4.74 Å². The van der Waals surface area contributed by atoms with Gasteiger partial charge >= 0.3 is 0 Å². The lowest BCUT2D eigenvalue weighted by Gasteiger charge is -2.08. The molecule has 1 aromatic carbocycles. The number of ether oxygens (including phenoxy) is 1. The third-order valence-electron chi connectivity index (χ3n) is 4.67. The minimum Gasteiger partial charge on any atom is -0.495 e. The Morgan fingerprint density at radius 3 is 3.12 bits per heavy atom. The Labute approximate surface area is 150 Å². The first-order chi connectivity index (χ1) is 12.3. The van der Waals surface area contributed by atoms with E-state index in [-0.39, 0.29) is 5.91 Å². The van der Waals surface area contributed by atoms with Crippen LogP contribution in [0.25, 0.3) is 11.0 Å². The van der Waals surface area contributed by atoms with Gasteiger partial charge in [0.1, 0.15) is 10.6 Å². The average Bonchev–Trinajstić information content (AvgIpc) is 3.32. The predicted molar refractivity (Wildman–Crippen MR) is 99.6 cm³/mol. The molecule has 6 heteroatoms. The van der Waals surface area contributed by atoms with E-state index in [1.165, 1.54) is 10.4 Å². The average molecular weight is 355 g/mol. The molecule has 0 atom stereocenters. The van der Waals surface area contributed by atoms with Crippen LogP contribution in [-0.4, -0.2) is 29.1 Å². The number of hydrogen-bond acceptors (Lipinski definition) is 4. The van der Waals surface area contributed by atoms with Crippen LogP contribution in [0, 0.1) is 0 Å². The smallest absolute Gasteiger partial charge is 0.265 e. The standard InChI is InChI=1S/C19H21N3O2S/c1-24-17-13-6-4-9-16(13)25-18(17)19(23)20-10-5-11-22-12-21-14-7-2-3-8-15(14)22/h2-3,7-8,12H,4-6,9-11H2,1H3,(H,20,23). The Hall–Kier alpha value is -2.34. The molecule has 3 aromatic rings. The molecule has 1 N–H and O–H groups in total. The normalized spacial score (nSPS) is 13.2. The van der Waals surface area contributed by atoms with Gasteiger partial charge < -0.3 is 14.6 Å². The number of nitrogens with one attached hydrogen (secondary N) is 1. The van der Waals surface area contributed by atoms with Gasteiger partial charge in [0, 0.05) is 23.5 Å². The van der Waals surface area contributed by atoms with Crippen molar-refractivity contribution in [3.63, 3.8) is 0 Å². The van der Waals surface area contributed by atoms with E-state index >= 15 is 0 Å². The van der Waals surface area contributed by atoms with E-state index in [0.29, 0.717) is 6.54 Å². The third-order valence-corrected chi connectivity index (χ3v) is 5.94. The quantitative estimate of drug-likeness (QED) is 0.690. The molecule has 1 aliphatic rings. The zero-order chi connectivity index (χ0) is 17.2. The van der Waals surface area contributed by atoms with E-state index in [1.807, 2.05) is 24.5 Å². The highest BCUT2D eigenvalue weighted by Gasteiger charge is 2.26. The van der Waals surface area contributed by atoms with Crippen molar-refractivity contribution >= 4 is 28.3 Å². The zero-order valence-corrected chi connectivity index (χ0v) is 15.1. The molecular formula is C19H21N3O2S. The fraction of sp³-hybridized carbons (Fsp3) is 0.368. The Bertz CT molecular complexity index is 913. The number of amides is 1. The minimum atomic E-state index is -0.0215. The Morgan fingerprint density at radius 1 is 1.36 bits per heavy atom. The number of thiophene rings is 1. The van der Waals surface area contributed by atoms with E-state index in [9.17, 15) is 4.79 Å². The number of para-hydroxylation sites is 2. The van der Waals surface area contributed by atoms with Crippen molar-refractivity contribution in [1.29, 1.82) is 0 Å². The van der Waals surface area contributed by atoms with Crippen molar-refractivity contribution in [3.05, 3.63) is 45.9 Å². The monoisotopic (exact) mass is 355 g/mol. The van der Waals surface area contributed by atoms with Crippen molar-refractivity contribution in [3.8, 4) is 5.75 Å². The Morgan fingerprint density at radius 2 is 2.24 bits per heavy atom. The summed E-state index contributed by atoms with van der Waals surface area (Å²) in [5.74, 6) is 0.766. The first kappa shape index (κ1) is 16.1. The van der Waals surface area contributed by atoms with Crippen LogP contribution < -0.4 is 10.1 Å². The van der Waals surface area contributed by atoms with Gasteiger partial charge in [-0.2, -0.15) is 0 Å². The number of carbonyl (C=O) groups is 1. The van der Waals surface area contributed by atoms with Crippen LogP contribution in [0.15, 0.2) is 30.6 Å². The minimum absolute atomic E-state index is 0.0215. The lowest BCUT2D eigenvalue weighted by molar-refractivity contribution is 0.0954. The van der Waals surface area contributed by atoms with Crippen LogP contribution in [0.5, 0.6) is 5.75 Å². The first-order valence-electron chi connectivity index (χ1n) is 8.64. The highest BCUT2D eigenvalue weighted by Crippen LogP contribution is 2.40. The molecule has 1 aliphatic carbocycles. The number of benzene rings is 1. The molecule has 0 unspecified atom stereocenters. The van der Waals surface area contributed by atoms with Crippen molar-refractivity contribution in [1.82, 2.24) is 14.9 Å². The summed E-state index contributed by atoms with van der Waals surface area (Å²) >= 11 is 1.59. The molecule has 1 amide bonds. The second-order valence-electron chi connectivity index (χ2n) is 6.26. The molecular weight excluding hydrogens is 334 g/mol. The Balaban J connectivity index is 1.35. The molecule has 0 spiro atoms. The van der Waals surface area contributed by atoms with Gasteiger partial charge in [-0.3, -0.25) is 4.79 Å². The van der Waals surface area contributed by atoms with Crippen molar-refractivity contribution in [2.45, 2.75) is 32.2 Å². The van der Waals surface area contributed by atoms with E-state index in [2.05, 4.69) is 20.9 Å². The van der Waals surface area contributed by atoms with Gasteiger partial charge in [0.05, 0.1) is 24.5 Å². The summed E-state index contributed by atoms with van der Waals surface area (Å²) < 4.78 is 7.63. The molecule has 4 rings (SSSR count). The number of hydrogen-bond donors (Lipinski definition) is 1. The summed E-state index contributed by atoms with van der Waals surface area (Å²) in [6, 6.07) is 8.09. The fourth-order valence-corrected chi connectivity index (χ4v) is 4.74. The molecule has 130 valence electrons. The van der Waals surface area contributed by atoms with Gasteiger partial charge in [-0.1, -0.05) is 12.1 Å². The summed E-state index contributed by atoms with van der Waals surface area (Å²) in [6.45, 7) is 1.47. The maximum atomic E-state index is 12.5. The molecule has 0 bridgehead atoms. The zero-order valence-electron chi connectivity index (χ0n) is 14.2. The summed E-state index contributed by atoms with van der Waals surface area (Å²) in [7, 11) is 1.65.